The Balaban J connectivity index is 1.93. The molecule has 0 bridgehead atoms. The van der Waals surface area contributed by atoms with Gasteiger partial charge in [0.2, 0.25) is 11.5 Å². The molecule has 0 saturated heterocycles. The van der Waals surface area contributed by atoms with E-state index in [1.165, 1.54) is 16.5 Å². The summed E-state index contributed by atoms with van der Waals surface area (Å²) < 4.78 is 24.4. The lowest BCUT2D eigenvalue weighted by Crippen LogP contribution is -2.09. The van der Waals surface area contributed by atoms with Crippen molar-refractivity contribution in [3.05, 3.63) is 64.3 Å². The highest BCUT2D eigenvalue weighted by molar-refractivity contribution is 7.90. The summed E-state index contributed by atoms with van der Waals surface area (Å²) >= 11 is 0. The minimum atomic E-state index is -3.26. The average molecular weight is 360 g/mol. The zero-order valence-corrected chi connectivity index (χ0v) is 14.4. The van der Waals surface area contributed by atoms with Gasteiger partial charge in [-0.1, -0.05) is 18.2 Å². The number of nitro groups is 1. The molecule has 8 nitrogen and oxygen atoms in total. The maximum atomic E-state index is 11.5. The third-order valence-corrected chi connectivity index (χ3v) is 4.97. The van der Waals surface area contributed by atoms with Crippen molar-refractivity contribution in [1.82, 2.24) is 9.38 Å². The summed E-state index contributed by atoms with van der Waals surface area (Å²) in [5.74, 6) is 0.0195. The normalized spacial score (nSPS) is 12.9. The van der Waals surface area contributed by atoms with Crippen LogP contribution in [0.3, 0.4) is 0 Å². The number of imidazole rings is 1. The predicted octanol–water partition coefficient (Wildman–Crippen LogP) is 2.82. The Morgan fingerprint density at radius 1 is 1.20 bits per heavy atom. The number of fused-ring (bicyclic) bond motifs is 1. The minimum Gasteiger partial charge on any atom is -0.358 e. The van der Waals surface area contributed by atoms with E-state index in [1.54, 1.807) is 36.5 Å². The second-order valence-corrected chi connectivity index (χ2v) is 7.69. The molecule has 3 rings (SSSR count). The Morgan fingerprint density at radius 2 is 1.88 bits per heavy atom. The van der Waals surface area contributed by atoms with Crippen molar-refractivity contribution >= 4 is 27.1 Å². The maximum absolute atomic E-state index is 11.5. The van der Waals surface area contributed by atoms with E-state index in [0.717, 1.165) is 11.8 Å². The fraction of sp³-hybridized carbons (Fsp3) is 0.188. The molecule has 2 heterocycles. The number of nitrogens with zero attached hydrogens (tertiary/aromatic N) is 3. The summed E-state index contributed by atoms with van der Waals surface area (Å²) in [7, 11) is -3.26. The van der Waals surface area contributed by atoms with Crippen LogP contribution in [0.5, 0.6) is 0 Å². The lowest BCUT2D eigenvalue weighted by Gasteiger charge is -2.14. The standard InChI is InChI=1S/C16H16N4O4S/c1-11(12-6-8-13(9-7-12)25(2,23)24)17-15-16(20(21)22)19-10-4-3-5-14(19)18-15/h3-11,17H,1-2H3/t11-/m0/s1. The quantitative estimate of drug-likeness (QED) is 0.554. The molecule has 1 N–H and O–H groups in total. The van der Waals surface area contributed by atoms with Gasteiger partial charge in [-0.25, -0.2) is 8.42 Å². The fourth-order valence-electron chi connectivity index (χ4n) is 2.55. The summed E-state index contributed by atoms with van der Waals surface area (Å²) in [5, 5.41) is 14.4. The number of anilines is 1. The molecule has 0 fully saturated rings. The smallest absolute Gasteiger partial charge is 0.358 e. The van der Waals surface area contributed by atoms with Gasteiger partial charge in [0, 0.05) is 12.3 Å². The van der Waals surface area contributed by atoms with Crippen molar-refractivity contribution in [2.45, 2.75) is 17.9 Å². The van der Waals surface area contributed by atoms with Gasteiger partial charge in [-0.15, -0.1) is 0 Å². The summed E-state index contributed by atoms with van der Waals surface area (Å²) in [6.45, 7) is 1.82. The van der Waals surface area contributed by atoms with Crippen LogP contribution in [-0.2, 0) is 9.84 Å². The van der Waals surface area contributed by atoms with Crippen LogP contribution in [0.1, 0.15) is 18.5 Å². The first-order chi connectivity index (χ1) is 11.8. The lowest BCUT2D eigenvalue weighted by atomic mass is 10.1. The third-order valence-electron chi connectivity index (χ3n) is 3.84. The Labute approximate surface area is 144 Å². The fourth-order valence-corrected chi connectivity index (χ4v) is 3.18. The molecule has 0 unspecified atom stereocenters. The molecule has 0 radical (unpaired) electrons. The van der Waals surface area contributed by atoms with Crippen molar-refractivity contribution in [3.8, 4) is 0 Å². The van der Waals surface area contributed by atoms with E-state index >= 15 is 0 Å². The molecule has 1 aromatic carbocycles. The van der Waals surface area contributed by atoms with Gasteiger partial charge in [0.15, 0.2) is 9.84 Å². The second kappa shape index (κ2) is 6.17. The Morgan fingerprint density at radius 3 is 2.48 bits per heavy atom. The summed E-state index contributed by atoms with van der Waals surface area (Å²) in [5.41, 5.74) is 1.26. The number of pyridine rings is 1. The monoisotopic (exact) mass is 360 g/mol. The minimum absolute atomic E-state index is 0.143. The molecule has 0 aliphatic carbocycles. The van der Waals surface area contributed by atoms with E-state index in [-0.39, 0.29) is 22.6 Å². The lowest BCUT2D eigenvalue weighted by molar-refractivity contribution is -0.389. The highest BCUT2D eigenvalue weighted by Crippen LogP contribution is 2.29. The summed E-state index contributed by atoms with van der Waals surface area (Å²) in [6, 6.07) is 11.2. The van der Waals surface area contributed by atoms with Crippen LogP contribution in [0.15, 0.2) is 53.6 Å². The van der Waals surface area contributed by atoms with Crippen LogP contribution in [0, 0.1) is 10.1 Å². The van der Waals surface area contributed by atoms with E-state index in [4.69, 9.17) is 0 Å². The second-order valence-electron chi connectivity index (χ2n) is 5.68. The van der Waals surface area contributed by atoms with Crippen LogP contribution in [-0.4, -0.2) is 29.0 Å². The van der Waals surface area contributed by atoms with Crippen LogP contribution in [0.4, 0.5) is 11.6 Å². The number of benzene rings is 1. The molecule has 0 aliphatic heterocycles. The first kappa shape index (κ1) is 16.9. The van der Waals surface area contributed by atoms with Crippen LogP contribution in [0.25, 0.3) is 5.65 Å². The molecule has 25 heavy (non-hydrogen) atoms. The molecule has 1 atom stereocenters. The van der Waals surface area contributed by atoms with Gasteiger partial charge in [-0.05, 0) is 35.6 Å². The zero-order chi connectivity index (χ0) is 18.2. The van der Waals surface area contributed by atoms with Gasteiger partial charge in [0.25, 0.3) is 0 Å². The molecule has 0 amide bonds. The Bertz CT molecular complexity index is 1040. The molecule has 2 aromatic heterocycles. The SMILES string of the molecule is C[C@H](Nc1nc2ccccn2c1[N+](=O)[O-])c1ccc(S(C)(=O)=O)cc1. The first-order valence-corrected chi connectivity index (χ1v) is 9.34. The number of aromatic nitrogens is 2. The van der Waals surface area contributed by atoms with Gasteiger partial charge < -0.3 is 15.4 Å². The zero-order valence-electron chi connectivity index (χ0n) is 13.6. The summed E-state index contributed by atoms with van der Waals surface area (Å²) in [6.07, 6.45) is 2.72. The van der Waals surface area contributed by atoms with Gasteiger partial charge in [0.05, 0.1) is 17.1 Å². The van der Waals surface area contributed by atoms with Crippen molar-refractivity contribution in [3.63, 3.8) is 0 Å². The van der Waals surface area contributed by atoms with Crippen molar-refractivity contribution < 1.29 is 13.3 Å². The molecule has 130 valence electrons. The van der Waals surface area contributed by atoms with Gasteiger partial charge in [-0.2, -0.15) is 9.38 Å². The maximum Gasteiger partial charge on any atom is 0.372 e. The number of hydrogen-bond donors (Lipinski definition) is 1. The third kappa shape index (κ3) is 3.31. The van der Waals surface area contributed by atoms with E-state index in [9.17, 15) is 18.5 Å². The average Bonchev–Trinajstić information content (AvgIpc) is 2.92. The summed E-state index contributed by atoms with van der Waals surface area (Å²) in [4.78, 5) is 15.4. The van der Waals surface area contributed by atoms with Crippen molar-refractivity contribution in [2.24, 2.45) is 0 Å². The molecular formula is C16H16N4O4S. The van der Waals surface area contributed by atoms with Crippen molar-refractivity contribution in [2.75, 3.05) is 11.6 Å². The van der Waals surface area contributed by atoms with Crippen LogP contribution >= 0.6 is 0 Å². The number of nitrogens with one attached hydrogen (secondary N) is 1. The van der Waals surface area contributed by atoms with Gasteiger partial charge in [0.1, 0.15) is 0 Å². The molecule has 3 aromatic rings. The number of sulfone groups is 1. The molecule has 0 saturated carbocycles. The van der Waals surface area contributed by atoms with E-state index in [0.29, 0.717) is 5.65 Å². The van der Waals surface area contributed by atoms with Crippen LogP contribution < -0.4 is 5.32 Å². The molecule has 9 heteroatoms. The molecule has 0 spiro atoms. The van der Waals surface area contributed by atoms with Crippen molar-refractivity contribution in [1.29, 1.82) is 0 Å². The van der Waals surface area contributed by atoms with E-state index in [2.05, 4.69) is 10.3 Å². The highest BCUT2D eigenvalue weighted by Gasteiger charge is 2.23. The number of hydrogen-bond acceptors (Lipinski definition) is 6. The van der Waals surface area contributed by atoms with Gasteiger partial charge >= 0.3 is 5.82 Å². The largest absolute Gasteiger partial charge is 0.372 e. The Hall–Kier alpha value is -2.94. The molecule has 0 aliphatic rings. The van der Waals surface area contributed by atoms with E-state index < -0.39 is 14.8 Å². The Kier molecular flexibility index (Phi) is 4.17. The van der Waals surface area contributed by atoms with E-state index in [1.807, 2.05) is 6.92 Å². The van der Waals surface area contributed by atoms with Crippen LogP contribution in [0.2, 0.25) is 0 Å². The highest BCUT2D eigenvalue weighted by atomic mass is 32.2. The topological polar surface area (TPSA) is 107 Å². The first-order valence-electron chi connectivity index (χ1n) is 7.45. The van der Waals surface area contributed by atoms with Gasteiger partial charge in [-0.3, -0.25) is 0 Å². The number of rotatable bonds is 5. The molecular weight excluding hydrogens is 344 g/mol. The predicted molar refractivity (Wildman–Crippen MR) is 93.4 cm³/mol.